The second-order valence-electron chi connectivity index (χ2n) is 5.69. The van der Waals surface area contributed by atoms with E-state index in [-0.39, 0.29) is 29.4 Å². The molecule has 2 aromatic rings. The number of aryl methyl sites for hydroxylation is 2. The number of hydrogen-bond donors (Lipinski definition) is 2. The van der Waals surface area contributed by atoms with E-state index < -0.39 is 10.8 Å². The van der Waals surface area contributed by atoms with Crippen LogP contribution in [0.25, 0.3) is 0 Å². The lowest BCUT2D eigenvalue weighted by Crippen LogP contribution is -2.24. The van der Waals surface area contributed by atoms with E-state index in [9.17, 15) is 20.0 Å². The standard InChI is InChI=1S/C18H19N3O6/c1-11-4-5-15(12(2)6-11)27-10-17(22)20-19-9-13-7-14(21(24)25)8-16(26-3)18(13)23/h4-9,23H,10H2,1-3H3,(H,20,22)/b19-9+. The summed E-state index contributed by atoms with van der Waals surface area (Å²) in [5, 5.41) is 24.6. The lowest BCUT2D eigenvalue weighted by Gasteiger charge is -2.08. The molecule has 0 heterocycles. The first-order valence-corrected chi connectivity index (χ1v) is 7.89. The van der Waals surface area contributed by atoms with Crippen LogP contribution in [0.3, 0.4) is 0 Å². The number of nitro groups is 1. The predicted octanol–water partition coefficient (Wildman–Crippen LogP) is 2.45. The van der Waals surface area contributed by atoms with Crippen LogP contribution in [0.2, 0.25) is 0 Å². The molecule has 142 valence electrons. The summed E-state index contributed by atoms with van der Waals surface area (Å²) in [5.74, 6) is -0.341. The van der Waals surface area contributed by atoms with Gasteiger partial charge in [0.2, 0.25) is 0 Å². The van der Waals surface area contributed by atoms with Gasteiger partial charge in [0, 0.05) is 11.6 Å². The molecule has 1 amide bonds. The van der Waals surface area contributed by atoms with E-state index in [1.165, 1.54) is 7.11 Å². The fourth-order valence-corrected chi connectivity index (χ4v) is 2.28. The van der Waals surface area contributed by atoms with E-state index in [0.29, 0.717) is 5.75 Å². The molecule has 9 nitrogen and oxygen atoms in total. The molecule has 2 N–H and O–H groups in total. The van der Waals surface area contributed by atoms with Crippen LogP contribution in [0.4, 0.5) is 5.69 Å². The van der Waals surface area contributed by atoms with Crippen LogP contribution in [-0.2, 0) is 4.79 Å². The first-order chi connectivity index (χ1) is 12.8. The molecule has 0 aliphatic heterocycles. The molecule has 9 heteroatoms. The zero-order valence-corrected chi connectivity index (χ0v) is 15.1. The molecule has 0 radical (unpaired) electrons. The highest BCUT2D eigenvalue weighted by atomic mass is 16.6. The Hall–Kier alpha value is -3.62. The number of carbonyl (C=O) groups excluding carboxylic acids is 1. The van der Waals surface area contributed by atoms with E-state index in [2.05, 4.69) is 10.5 Å². The van der Waals surface area contributed by atoms with Gasteiger partial charge in [0.15, 0.2) is 18.1 Å². The minimum atomic E-state index is -0.629. The molecule has 0 fully saturated rings. The van der Waals surface area contributed by atoms with Gasteiger partial charge in [-0.05, 0) is 25.5 Å². The highest BCUT2D eigenvalue weighted by Gasteiger charge is 2.15. The molecule has 0 bridgehead atoms. The number of methoxy groups -OCH3 is 1. The lowest BCUT2D eigenvalue weighted by molar-refractivity contribution is -0.385. The summed E-state index contributed by atoms with van der Waals surface area (Å²) in [7, 11) is 1.27. The monoisotopic (exact) mass is 373 g/mol. The molecule has 0 saturated carbocycles. The molecule has 0 aliphatic carbocycles. The fourth-order valence-electron chi connectivity index (χ4n) is 2.28. The van der Waals surface area contributed by atoms with Gasteiger partial charge in [-0.15, -0.1) is 0 Å². The number of phenols is 1. The smallest absolute Gasteiger partial charge is 0.277 e. The average Bonchev–Trinajstić information content (AvgIpc) is 2.62. The normalized spacial score (nSPS) is 10.6. The molecule has 0 saturated heterocycles. The van der Waals surface area contributed by atoms with E-state index in [1.807, 2.05) is 26.0 Å². The molecule has 0 aliphatic rings. The van der Waals surface area contributed by atoms with Crippen molar-refractivity contribution in [3.05, 3.63) is 57.1 Å². The Balaban J connectivity index is 2.01. The Morgan fingerprint density at radius 2 is 2.04 bits per heavy atom. The number of rotatable bonds is 7. The van der Waals surface area contributed by atoms with Crippen LogP contribution in [0.5, 0.6) is 17.2 Å². The first kappa shape index (κ1) is 19.7. The first-order valence-electron chi connectivity index (χ1n) is 7.89. The van der Waals surface area contributed by atoms with Gasteiger partial charge < -0.3 is 14.6 Å². The van der Waals surface area contributed by atoms with Crippen LogP contribution in [-0.4, -0.2) is 35.9 Å². The quantitative estimate of drug-likeness (QED) is 0.436. The van der Waals surface area contributed by atoms with Crippen LogP contribution in [0.1, 0.15) is 16.7 Å². The topological polar surface area (TPSA) is 123 Å². The second-order valence-corrected chi connectivity index (χ2v) is 5.69. The highest BCUT2D eigenvalue weighted by Crippen LogP contribution is 2.33. The Morgan fingerprint density at radius 3 is 2.67 bits per heavy atom. The Morgan fingerprint density at radius 1 is 1.30 bits per heavy atom. The second kappa shape index (κ2) is 8.65. The number of ether oxygens (including phenoxy) is 2. The number of nitrogens with zero attached hydrogens (tertiary/aromatic N) is 2. The number of carbonyl (C=O) groups is 1. The third-order valence-electron chi connectivity index (χ3n) is 3.60. The van der Waals surface area contributed by atoms with E-state index >= 15 is 0 Å². The van der Waals surface area contributed by atoms with Gasteiger partial charge in [0.1, 0.15) is 5.75 Å². The van der Waals surface area contributed by atoms with Crippen LogP contribution in [0, 0.1) is 24.0 Å². The number of nitrogens with one attached hydrogen (secondary N) is 1. The van der Waals surface area contributed by atoms with Crippen molar-refractivity contribution in [1.82, 2.24) is 5.43 Å². The van der Waals surface area contributed by atoms with Crippen molar-refractivity contribution >= 4 is 17.8 Å². The summed E-state index contributed by atoms with van der Waals surface area (Å²) in [5.41, 5.74) is 3.96. The Labute approximate surface area is 155 Å². The van der Waals surface area contributed by atoms with Gasteiger partial charge in [-0.1, -0.05) is 17.7 Å². The van der Waals surface area contributed by atoms with Crippen molar-refractivity contribution in [2.24, 2.45) is 5.10 Å². The summed E-state index contributed by atoms with van der Waals surface area (Å²) in [4.78, 5) is 22.1. The molecular formula is C18H19N3O6. The van der Waals surface area contributed by atoms with Crippen molar-refractivity contribution in [2.75, 3.05) is 13.7 Å². The van der Waals surface area contributed by atoms with Crippen LogP contribution in [0.15, 0.2) is 35.4 Å². The highest BCUT2D eigenvalue weighted by molar-refractivity contribution is 5.87. The van der Waals surface area contributed by atoms with Gasteiger partial charge in [-0.3, -0.25) is 14.9 Å². The zero-order chi connectivity index (χ0) is 20.0. The largest absolute Gasteiger partial charge is 0.504 e. The SMILES string of the molecule is COc1cc([N+](=O)[O-])cc(/C=N/NC(=O)COc2ccc(C)cc2C)c1O. The fraction of sp³-hybridized carbons (Fsp3) is 0.222. The van der Waals surface area contributed by atoms with Crippen LogP contribution < -0.4 is 14.9 Å². The third-order valence-corrected chi connectivity index (χ3v) is 3.60. The molecule has 0 spiro atoms. The molecule has 2 aromatic carbocycles. The Bertz CT molecular complexity index is 895. The van der Waals surface area contributed by atoms with E-state index in [4.69, 9.17) is 9.47 Å². The van der Waals surface area contributed by atoms with Crippen molar-refractivity contribution < 1.29 is 24.3 Å². The van der Waals surface area contributed by atoms with Gasteiger partial charge in [0.25, 0.3) is 11.6 Å². The van der Waals surface area contributed by atoms with Crippen molar-refractivity contribution in [2.45, 2.75) is 13.8 Å². The minimum Gasteiger partial charge on any atom is -0.504 e. The van der Waals surface area contributed by atoms with Gasteiger partial charge >= 0.3 is 0 Å². The predicted molar refractivity (Wildman–Crippen MR) is 98.5 cm³/mol. The molecule has 27 heavy (non-hydrogen) atoms. The van der Waals surface area contributed by atoms with Gasteiger partial charge in [-0.2, -0.15) is 5.10 Å². The molecule has 0 aromatic heterocycles. The van der Waals surface area contributed by atoms with E-state index in [1.54, 1.807) is 6.07 Å². The maximum atomic E-state index is 11.8. The van der Waals surface area contributed by atoms with Crippen LogP contribution >= 0.6 is 0 Å². The number of phenolic OH excluding ortho intramolecular Hbond substituents is 1. The summed E-state index contributed by atoms with van der Waals surface area (Å²) in [6, 6.07) is 7.78. The van der Waals surface area contributed by atoms with Gasteiger partial charge in [-0.25, -0.2) is 5.43 Å². The summed E-state index contributed by atoms with van der Waals surface area (Å²) >= 11 is 0. The minimum absolute atomic E-state index is 0.0247. The number of hydrazone groups is 1. The number of aromatic hydroxyl groups is 1. The maximum Gasteiger partial charge on any atom is 0.277 e. The van der Waals surface area contributed by atoms with Crippen molar-refractivity contribution in [1.29, 1.82) is 0 Å². The van der Waals surface area contributed by atoms with Crippen molar-refractivity contribution in [3.8, 4) is 17.2 Å². The molecular weight excluding hydrogens is 354 g/mol. The lowest BCUT2D eigenvalue weighted by atomic mass is 10.1. The zero-order valence-electron chi connectivity index (χ0n) is 15.1. The number of non-ortho nitro benzene ring substituents is 1. The number of amides is 1. The average molecular weight is 373 g/mol. The molecule has 0 unspecified atom stereocenters. The Kier molecular flexibility index (Phi) is 6.32. The van der Waals surface area contributed by atoms with E-state index in [0.717, 1.165) is 29.5 Å². The third kappa shape index (κ3) is 5.18. The van der Waals surface area contributed by atoms with Crippen molar-refractivity contribution in [3.63, 3.8) is 0 Å². The van der Waals surface area contributed by atoms with Gasteiger partial charge in [0.05, 0.1) is 24.3 Å². The maximum absolute atomic E-state index is 11.8. The summed E-state index contributed by atoms with van der Waals surface area (Å²) < 4.78 is 10.3. The summed E-state index contributed by atoms with van der Waals surface area (Å²) in [6.45, 7) is 3.57. The number of benzene rings is 2. The summed E-state index contributed by atoms with van der Waals surface area (Å²) in [6.07, 6.45) is 1.08. The molecule has 2 rings (SSSR count). The molecule has 0 atom stereocenters. The number of nitro benzene ring substituents is 1. The number of hydrogen-bond acceptors (Lipinski definition) is 7.